The fourth-order valence-electron chi connectivity index (χ4n) is 1.82. The van der Waals surface area contributed by atoms with E-state index >= 15 is 0 Å². The van der Waals surface area contributed by atoms with Gasteiger partial charge in [0.05, 0.1) is 9.88 Å². The third-order valence-electron chi connectivity index (χ3n) is 2.56. The van der Waals surface area contributed by atoms with Gasteiger partial charge in [-0.2, -0.15) is 0 Å². The summed E-state index contributed by atoms with van der Waals surface area (Å²) in [6.07, 6.45) is 5.21. The van der Waals surface area contributed by atoms with Crippen molar-refractivity contribution in [2.24, 2.45) is 5.73 Å². The highest BCUT2D eigenvalue weighted by Crippen LogP contribution is 2.37. The Morgan fingerprint density at radius 3 is 2.69 bits per heavy atom. The smallest absolute Gasteiger partial charge is 0.144 e. The first-order chi connectivity index (χ1) is 6.31. The molecular weight excluding hydrogens is 204 g/mol. The van der Waals surface area contributed by atoms with Gasteiger partial charge in [0.1, 0.15) is 5.15 Å². The number of hydrogen-bond acceptors (Lipinski definition) is 3. The van der Waals surface area contributed by atoms with E-state index in [-0.39, 0.29) is 0 Å². The lowest BCUT2D eigenvalue weighted by Gasteiger charge is -2.01. The first-order valence-corrected chi connectivity index (χ1v) is 5.86. The van der Waals surface area contributed by atoms with Gasteiger partial charge in [-0.15, -0.1) is 11.3 Å². The molecule has 1 saturated carbocycles. The molecule has 0 atom stereocenters. The quantitative estimate of drug-likeness (QED) is 0.826. The third-order valence-corrected chi connectivity index (χ3v) is 4.22. The minimum atomic E-state index is 0.517. The van der Waals surface area contributed by atoms with Gasteiger partial charge in [0.25, 0.3) is 0 Å². The summed E-state index contributed by atoms with van der Waals surface area (Å²) in [5.74, 6) is 0.655. The lowest BCUT2D eigenvalue weighted by atomic mass is 10.1. The van der Waals surface area contributed by atoms with E-state index in [1.807, 2.05) is 0 Å². The topological polar surface area (TPSA) is 38.9 Å². The number of nitrogens with two attached hydrogens (primary N) is 1. The summed E-state index contributed by atoms with van der Waals surface area (Å²) in [7, 11) is 0. The Bertz CT molecular complexity index is 292. The molecule has 1 heterocycles. The molecule has 1 aliphatic rings. The number of rotatable bonds is 2. The van der Waals surface area contributed by atoms with E-state index in [1.54, 1.807) is 11.3 Å². The Hall–Kier alpha value is -0.120. The molecule has 1 aliphatic carbocycles. The van der Waals surface area contributed by atoms with Crippen LogP contribution in [0.3, 0.4) is 0 Å². The van der Waals surface area contributed by atoms with Crippen molar-refractivity contribution in [2.75, 3.05) is 0 Å². The molecule has 0 aromatic carbocycles. The predicted octanol–water partition coefficient (Wildman–Crippen LogP) is 2.91. The third kappa shape index (κ3) is 1.87. The van der Waals surface area contributed by atoms with Crippen LogP contribution >= 0.6 is 22.9 Å². The van der Waals surface area contributed by atoms with Crippen molar-refractivity contribution in [1.29, 1.82) is 0 Å². The van der Waals surface area contributed by atoms with Crippen LogP contribution in [-0.4, -0.2) is 4.98 Å². The van der Waals surface area contributed by atoms with Crippen molar-refractivity contribution in [3.8, 4) is 0 Å². The summed E-state index contributed by atoms with van der Waals surface area (Å²) in [4.78, 5) is 5.40. The van der Waals surface area contributed by atoms with Gasteiger partial charge >= 0.3 is 0 Å². The molecule has 0 unspecified atom stereocenters. The molecule has 0 spiro atoms. The van der Waals surface area contributed by atoms with Crippen molar-refractivity contribution in [3.05, 3.63) is 15.0 Å². The van der Waals surface area contributed by atoms with E-state index in [4.69, 9.17) is 17.3 Å². The number of hydrogen-bond donors (Lipinski definition) is 1. The van der Waals surface area contributed by atoms with Crippen LogP contribution in [0.5, 0.6) is 0 Å². The van der Waals surface area contributed by atoms with E-state index in [2.05, 4.69) is 4.98 Å². The molecule has 0 aliphatic heterocycles. The van der Waals surface area contributed by atoms with Crippen LogP contribution in [-0.2, 0) is 6.54 Å². The largest absolute Gasteiger partial charge is 0.326 e. The molecule has 72 valence electrons. The Labute approximate surface area is 87.1 Å². The van der Waals surface area contributed by atoms with Gasteiger partial charge < -0.3 is 5.73 Å². The Morgan fingerprint density at radius 2 is 2.15 bits per heavy atom. The van der Waals surface area contributed by atoms with E-state index < -0.39 is 0 Å². The summed E-state index contributed by atoms with van der Waals surface area (Å²) in [5, 5.41) is 1.82. The van der Waals surface area contributed by atoms with Gasteiger partial charge in [-0.1, -0.05) is 24.4 Å². The van der Waals surface area contributed by atoms with Gasteiger partial charge in [-0.25, -0.2) is 4.98 Å². The SMILES string of the molecule is NCc1sc(C2CCCC2)nc1Cl. The zero-order valence-corrected chi connectivity index (χ0v) is 9.00. The molecule has 13 heavy (non-hydrogen) atoms. The van der Waals surface area contributed by atoms with E-state index in [1.165, 1.54) is 30.7 Å². The zero-order chi connectivity index (χ0) is 9.26. The first-order valence-electron chi connectivity index (χ1n) is 4.66. The van der Waals surface area contributed by atoms with Gasteiger partial charge in [0.2, 0.25) is 0 Å². The fraction of sp³-hybridized carbons (Fsp3) is 0.667. The van der Waals surface area contributed by atoms with Crippen molar-refractivity contribution < 1.29 is 0 Å². The van der Waals surface area contributed by atoms with Gasteiger partial charge in [-0.3, -0.25) is 0 Å². The van der Waals surface area contributed by atoms with E-state index in [0.717, 1.165) is 4.88 Å². The number of thiazole rings is 1. The first kappa shape index (κ1) is 9.44. The normalized spacial score (nSPS) is 18.3. The maximum absolute atomic E-state index is 5.94. The van der Waals surface area contributed by atoms with Crippen LogP contribution in [0.25, 0.3) is 0 Å². The second kappa shape index (κ2) is 3.95. The van der Waals surface area contributed by atoms with E-state index in [9.17, 15) is 0 Å². The monoisotopic (exact) mass is 216 g/mol. The van der Waals surface area contributed by atoms with E-state index in [0.29, 0.717) is 17.6 Å². The second-order valence-electron chi connectivity index (χ2n) is 3.45. The molecule has 4 heteroatoms. The van der Waals surface area contributed by atoms with Crippen LogP contribution in [0.15, 0.2) is 0 Å². The lowest BCUT2D eigenvalue weighted by Crippen LogP contribution is -1.92. The van der Waals surface area contributed by atoms with Crippen LogP contribution in [0, 0.1) is 0 Å². The highest BCUT2D eigenvalue weighted by Gasteiger charge is 2.21. The Kier molecular flexibility index (Phi) is 2.86. The standard InChI is InChI=1S/C9H13ClN2S/c10-8-7(5-11)13-9(12-8)6-3-1-2-4-6/h6H,1-5,11H2. The molecule has 2 rings (SSSR count). The van der Waals surface area contributed by atoms with Crippen LogP contribution < -0.4 is 5.73 Å². The maximum Gasteiger partial charge on any atom is 0.144 e. The van der Waals surface area contributed by atoms with Crippen molar-refractivity contribution in [3.63, 3.8) is 0 Å². The molecule has 1 fully saturated rings. The average Bonchev–Trinajstić information content (AvgIpc) is 2.71. The van der Waals surface area contributed by atoms with Crippen molar-refractivity contribution in [1.82, 2.24) is 4.98 Å². The second-order valence-corrected chi connectivity index (χ2v) is 4.92. The summed E-state index contributed by atoms with van der Waals surface area (Å²) in [6.45, 7) is 0.517. The minimum Gasteiger partial charge on any atom is -0.326 e. The predicted molar refractivity (Wildman–Crippen MR) is 56.2 cm³/mol. The summed E-state index contributed by atoms with van der Waals surface area (Å²) < 4.78 is 0. The number of nitrogens with zero attached hydrogens (tertiary/aromatic N) is 1. The molecule has 0 saturated heterocycles. The Morgan fingerprint density at radius 1 is 1.46 bits per heavy atom. The zero-order valence-electron chi connectivity index (χ0n) is 7.42. The van der Waals surface area contributed by atoms with Gasteiger partial charge in [-0.05, 0) is 12.8 Å². The van der Waals surface area contributed by atoms with Crippen LogP contribution in [0.1, 0.15) is 41.5 Å². The highest BCUT2D eigenvalue weighted by molar-refractivity contribution is 7.12. The molecule has 2 N–H and O–H groups in total. The summed E-state index contributed by atoms with van der Waals surface area (Å²) in [5.41, 5.74) is 5.55. The molecule has 2 nitrogen and oxygen atoms in total. The summed E-state index contributed by atoms with van der Waals surface area (Å²) in [6, 6.07) is 0. The minimum absolute atomic E-state index is 0.517. The molecular formula is C9H13ClN2S. The van der Waals surface area contributed by atoms with Crippen LogP contribution in [0.4, 0.5) is 0 Å². The molecule has 1 aromatic heterocycles. The average molecular weight is 217 g/mol. The summed E-state index contributed by atoms with van der Waals surface area (Å²) >= 11 is 7.63. The van der Waals surface area contributed by atoms with Crippen molar-refractivity contribution in [2.45, 2.75) is 38.1 Å². The molecule has 0 radical (unpaired) electrons. The van der Waals surface area contributed by atoms with Crippen LogP contribution in [0.2, 0.25) is 5.15 Å². The molecule has 0 bridgehead atoms. The van der Waals surface area contributed by atoms with Gasteiger partial charge in [0, 0.05) is 12.5 Å². The lowest BCUT2D eigenvalue weighted by molar-refractivity contribution is 0.716. The number of aromatic nitrogens is 1. The molecule has 0 amide bonds. The molecule has 1 aromatic rings. The number of halogens is 1. The highest BCUT2D eigenvalue weighted by atomic mass is 35.5. The Balaban J connectivity index is 2.20. The van der Waals surface area contributed by atoms with Gasteiger partial charge in [0.15, 0.2) is 0 Å². The maximum atomic E-state index is 5.94. The fourth-order valence-corrected chi connectivity index (χ4v) is 3.16. The van der Waals surface area contributed by atoms with Crippen molar-refractivity contribution >= 4 is 22.9 Å².